The summed E-state index contributed by atoms with van der Waals surface area (Å²) in [7, 11) is -0.155. The summed E-state index contributed by atoms with van der Waals surface area (Å²) < 4.78 is 54.3. The average Bonchev–Trinajstić information content (AvgIpc) is 3.13. The number of halogens is 1. The fraction of sp³-hybridized carbons (Fsp3) is 0.559. The summed E-state index contributed by atoms with van der Waals surface area (Å²) in [6.45, 7) is 6.85. The molecule has 0 unspecified atom stereocenters. The molecule has 1 spiro atoms. The molecule has 1 N–H and O–H groups in total. The van der Waals surface area contributed by atoms with E-state index in [1.165, 1.54) is 6.07 Å². The van der Waals surface area contributed by atoms with Crippen LogP contribution in [0.1, 0.15) is 38.7 Å². The van der Waals surface area contributed by atoms with Crippen LogP contribution in [0.25, 0.3) is 0 Å². The third-order valence-electron chi connectivity index (χ3n) is 9.77. The summed E-state index contributed by atoms with van der Waals surface area (Å²) >= 11 is 6.35. The van der Waals surface area contributed by atoms with Crippen LogP contribution < -0.4 is 19.1 Å². The first-order valence-electron chi connectivity index (χ1n) is 16.0. The second-order valence-corrected chi connectivity index (χ2v) is 15.8. The lowest BCUT2D eigenvalue weighted by Crippen LogP contribution is -2.50. The zero-order chi connectivity index (χ0) is 32.7. The van der Waals surface area contributed by atoms with Crippen LogP contribution in [-0.2, 0) is 29.7 Å². The number of ether oxygens (including phenoxy) is 4. The summed E-state index contributed by atoms with van der Waals surface area (Å²) in [6, 6.07) is 10.6. The molecule has 1 fully saturated rings. The Hall–Kier alpha value is -2.83. The highest BCUT2D eigenvalue weighted by Crippen LogP contribution is 2.47. The van der Waals surface area contributed by atoms with Gasteiger partial charge in [-0.05, 0) is 89.4 Å². The van der Waals surface area contributed by atoms with E-state index < -0.39 is 26.9 Å². The highest BCUT2D eigenvalue weighted by atomic mass is 35.5. The van der Waals surface area contributed by atoms with Gasteiger partial charge in [0, 0.05) is 30.2 Å². The molecule has 4 atom stereocenters. The summed E-state index contributed by atoms with van der Waals surface area (Å²) in [5, 5.41) is 0.606. The van der Waals surface area contributed by atoms with E-state index in [2.05, 4.69) is 14.5 Å². The van der Waals surface area contributed by atoms with Gasteiger partial charge in [-0.15, -0.1) is 0 Å². The number of hydrogen-bond acceptors (Lipinski definition) is 9. The largest absolute Gasteiger partial charge is 0.493 e. The van der Waals surface area contributed by atoms with Crippen LogP contribution in [0.5, 0.6) is 11.5 Å². The van der Waals surface area contributed by atoms with E-state index in [0.717, 1.165) is 37.1 Å². The first-order valence-corrected chi connectivity index (χ1v) is 17.8. The maximum atomic E-state index is 13.6. The molecular formula is C34H44ClN3O7S. The van der Waals surface area contributed by atoms with E-state index in [-0.39, 0.29) is 23.5 Å². The number of sulfonamides is 1. The average molecular weight is 674 g/mol. The van der Waals surface area contributed by atoms with Gasteiger partial charge in [-0.3, -0.25) is 4.79 Å². The van der Waals surface area contributed by atoms with Gasteiger partial charge >= 0.3 is 0 Å². The van der Waals surface area contributed by atoms with Crippen molar-refractivity contribution in [2.75, 3.05) is 65.1 Å². The number of nitrogens with zero attached hydrogens (tertiary/aromatic N) is 2. The number of fused-ring (bicyclic) bond motifs is 4. The van der Waals surface area contributed by atoms with Crippen LogP contribution >= 0.6 is 11.6 Å². The number of anilines is 1. The van der Waals surface area contributed by atoms with E-state index >= 15 is 0 Å². The molecule has 3 aliphatic heterocycles. The maximum absolute atomic E-state index is 13.6. The number of amides is 1. The summed E-state index contributed by atoms with van der Waals surface area (Å²) in [6.07, 6.45) is 6.57. The Morgan fingerprint density at radius 1 is 1.11 bits per heavy atom. The van der Waals surface area contributed by atoms with Gasteiger partial charge in [-0.25, -0.2) is 13.1 Å². The van der Waals surface area contributed by atoms with Gasteiger partial charge < -0.3 is 28.7 Å². The molecule has 12 heteroatoms. The minimum atomic E-state index is -4.20. The van der Waals surface area contributed by atoms with Crippen LogP contribution in [0.4, 0.5) is 5.69 Å². The van der Waals surface area contributed by atoms with Gasteiger partial charge in [-0.1, -0.05) is 29.8 Å². The number of benzene rings is 2. The molecule has 46 heavy (non-hydrogen) atoms. The van der Waals surface area contributed by atoms with Crippen molar-refractivity contribution in [3.63, 3.8) is 0 Å². The smallest absolute Gasteiger partial charge is 0.265 e. The lowest BCUT2D eigenvalue weighted by Gasteiger charge is -2.46. The van der Waals surface area contributed by atoms with Crippen molar-refractivity contribution in [1.29, 1.82) is 0 Å². The Balaban J connectivity index is 1.41. The summed E-state index contributed by atoms with van der Waals surface area (Å²) in [5.41, 5.74) is -0.0826. The van der Waals surface area contributed by atoms with E-state index in [1.807, 2.05) is 44.4 Å². The zero-order valence-electron chi connectivity index (χ0n) is 27.0. The predicted molar refractivity (Wildman–Crippen MR) is 176 cm³/mol. The monoisotopic (exact) mass is 673 g/mol. The van der Waals surface area contributed by atoms with Gasteiger partial charge in [0.2, 0.25) is 0 Å². The number of rotatable bonds is 4. The van der Waals surface area contributed by atoms with Crippen molar-refractivity contribution in [3.8, 4) is 11.5 Å². The molecule has 1 amide bonds. The van der Waals surface area contributed by atoms with Crippen molar-refractivity contribution in [3.05, 3.63) is 59.1 Å². The molecule has 6 rings (SSSR count). The van der Waals surface area contributed by atoms with Crippen LogP contribution in [0, 0.1) is 11.8 Å². The molecule has 0 radical (unpaired) electrons. The fourth-order valence-electron chi connectivity index (χ4n) is 6.81. The Kier molecular flexibility index (Phi) is 9.35. The van der Waals surface area contributed by atoms with Gasteiger partial charge in [0.05, 0.1) is 48.5 Å². The minimum absolute atomic E-state index is 0.0128. The van der Waals surface area contributed by atoms with Crippen molar-refractivity contribution in [1.82, 2.24) is 9.62 Å². The zero-order valence-corrected chi connectivity index (χ0v) is 28.5. The van der Waals surface area contributed by atoms with Crippen LogP contribution in [-0.4, -0.2) is 91.1 Å². The minimum Gasteiger partial charge on any atom is -0.493 e. The second kappa shape index (κ2) is 13.0. The number of carbonyl (C=O) groups is 1. The normalized spacial score (nSPS) is 29.3. The first-order chi connectivity index (χ1) is 21.9. The first kappa shape index (κ1) is 33.1. The van der Waals surface area contributed by atoms with Gasteiger partial charge in [0.1, 0.15) is 17.1 Å². The van der Waals surface area contributed by atoms with E-state index in [0.29, 0.717) is 55.3 Å². The Labute approximate surface area is 277 Å². The van der Waals surface area contributed by atoms with Crippen LogP contribution in [0.3, 0.4) is 0 Å². The highest BCUT2D eigenvalue weighted by Gasteiger charge is 2.45. The van der Waals surface area contributed by atoms with Crippen molar-refractivity contribution in [2.45, 2.75) is 55.1 Å². The maximum Gasteiger partial charge on any atom is 0.265 e. The number of likely N-dealkylation sites (N-methyl/N-ethyl adjacent to an activating group) is 1. The molecule has 1 aliphatic carbocycles. The van der Waals surface area contributed by atoms with E-state index in [9.17, 15) is 13.2 Å². The SMILES string of the molecule is CN(C)CCO[C@H]1/C=C\COC(C)(C)C(=O)NS(=O)(=O)c2ccc3c(c2)N(C[C@@H]2CC[C@H]21)C[C@@]1(CCOc2cc(Cl)ccc21)CO3. The third kappa shape index (κ3) is 6.75. The lowest BCUT2D eigenvalue weighted by atomic mass is 9.69. The Morgan fingerprint density at radius 2 is 1.93 bits per heavy atom. The Bertz CT molecular complexity index is 1600. The molecule has 4 aliphatic rings. The number of nitrogens with one attached hydrogen (secondary N) is 1. The molecule has 2 aromatic carbocycles. The van der Waals surface area contributed by atoms with Gasteiger partial charge in [-0.2, -0.15) is 0 Å². The van der Waals surface area contributed by atoms with Crippen molar-refractivity contribution in [2.24, 2.45) is 11.8 Å². The van der Waals surface area contributed by atoms with E-state index in [4.69, 9.17) is 30.5 Å². The lowest BCUT2D eigenvalue weighted by molar-refractivity contribution is -0.139. The predicted octanol–water partition coefficient (Wildman–Crippen LogP) is 4.40. The standard InChI is InChI=1S/C34H44ClN3O7S/c1-33(2)32(39)36-46(40,41)25-9-12-30-28(19-25)38(21-34(22-44-30)13-16-42-31-18-24(35)8-11-27(31)34)20-23-7-10-26(23)29(6-5-15-45-33)43-17-14-37(3)4/h5-6,8-9,11-12,18-19,23,26,29H,7,10,13-17,20-22H2,1-4H3,(H,36,39)/b6-5-/t23-,26+,29-,34-/m0/s1. The molecule has 10 nitrogen and oxygen atoms in total. The molecule has 2 aromatic rings. The fourth-order valence-corrected chi connectivity index (χ4v) is 8.10. The molecule has 250 valence electrons. The topological polar surface area (TPSA) is 107 Å². The molecule has 0 aromatic heterocycles. The molecule has 0 saturated heterocycles. The molecule has 2 bridgehead atoms. The van der Waals surface area contributed by atoms with Crippen LogP contribution in [0.2, 0.25) is 5.02 Å². The van der Waals surface area contributed by atoms with E-state index in [1.54, 1.807) is 26.0 Å². The number of hydrogen-bond donors (Lipinski definition) is 1. The number of carbonyl (C=O) groups excluding carboxylic acids is 1. The highest BCUT2D eigenvalue weighted by molar-refractivity contribution is 7.90. The molecule has 3 heterocycles. The van der Waals surface area contributed by atoms with Crippen LogP contribution in [0.15, 0.2) is 53.4 Å². The Morgan fingerprint density at radius 3 is 2.70 bits per heavy atom. The quantitative estimate of drug-likeness (QED) is 0.473. The summed E-state index contributed by atoms with van der Waals surface area (Å²) in [5.74, 6) is 1.17. The van der Waals surface area contributed by atoms with Gasteiger partial charge in [0.15, 0.2) is 0 Å². The third-order valence-corrected chi connectivity index (χ3v) is 11.3. The van der Waals surface area contributed by atoms with Crippen molar-refractivity contribution < 1.29 is 32.2 Å². The van der Waals surface area contributed by atoms with Crippen molar-refractivity contribution >= 4 is 33.2 Å². The molecule has 1 saturated carbocycles. The van der Waals surface area contributed by atoms with Gasteiger partial charge in [0.25, 0.3) is 15.9 Å². The summed E-state index contributed by atoms with van der Waals surface area (Å²) in [4.78, 5) is 17.5. The second-order valence-electron chi connectivity index (χ2n) is 13.6. The molecular weight excluding hydrogens is 630 g/mol.